The molecule has 2 saturated heterocycles. The number of carbonyl (C=O) groups is 1. The molecule has 0 radical (unpaired) electrons. The monoisotopic (exact) mass is 542 g/mol. The number of hydrogen-bond donors (Lipinski definition) is 1. The molecule has 0 unspecified atom stereocenters. The Morgan fingerprint density at radius 1 is 1.05 bits per heavy atom. The second-order valence-electron chi connectivity index (χ2n) is 11.9. The van der Waals surface area contributed by atoms with Crippen LogP contribution in [0.25, 0.3) is 0 Å². The smallest absolute Gasteiger partial charge is 0.410 e. The van der Waals surface area contributed by atoms with Gasteiger partial charge in [0.05, 0.1) is 12.2 Å². The molecule has 212 valence electrons. The molecule has 4 heterocycles. The van der Waals surface area contributed by atoms with Gasteiger partial charge in [-0.1, -0.05) is 12.5 Å². The molecule has 8 nitrogen and oxygen atoms in total. The van der Waals surface area contributed by atoms with Crippen LogP contribution < -0.4 is 10.2 Å². The van der Waals surface area contributed by atoms with Gasteiger partial charge in [0.25, 0.3) is 0 Å². The van der Waals surface area contributed by atoms with E-state index in [9.17, 15) is 13.6 Å². The van der Waals surface area contributed by atoms with Crippen LogP contribution >= 0.6 is 0 Å². The summed E-state index contributed by atoms with van der Waals surface area (Å²) in [7, 11) is 0. The third-order valence-electron chi connectivity index (χ3n) is 7.82. The summed E-state index contributed by atoms with van der Waals surface area (Å²) < 4.78 is 33.4. The number of piperidine rings is 2. The van der Waals surface area contributed by atoms with Crippen molar-refractivity contribution in [2.24, 2.45) is 0 Å². The number of ether oxygens (including phenoxy) is 1. The molecule has 3 aliphatic rings. The molecular weight excluding hydrogens is 502 g/mol. The summed E-state index contributed by atoms with van der Waals surface area (Å²) in [5.74, 6) is 0.0171. The number of amides is 1. The zero-order valence-corrected chi connectivity index (χ0v) is 23.3. The largest absolute Gasteiger partial charge is 0.444 e. The molecule has 1 aromatic carbocycles. The van der Waals surface area contributed by atoms with Gasteiger partial charge in [-0.05, 0) is 65.6 Å². The Bertz CT molecular complexity index is 1170. The van der Waals surface area contributed by atoms with Gasteiger partial charge in [0.15, 0.2) is 0 Å². The summed E-state index contributed by atoms with van der Waals surface area (Å²) in [6.07, 6.45) is 6.27. The SMILES string of the molecule is CC(C)(C)OC(=O)N1CCc2nc(N3CCC(N4CCCCC4)CC3)nc(NCc3ccc(F)cc3F)c2C1. The predicted molar refractivity (Wildman–Crippen MR) is 147 cm³/mol. The van der Waals surface area contributed by atoms with Gasteiger partial charge in [-0.15, -0.1) is 0 Å². The molecule has 5 rings (SSSR count). The van der Waals surface area contributed by atoms with Crippen molar-refractivity contribution in [2.75, 3.05) is 42.9 Å². The molecule has 0 aliphatic carbocycles. The molecule has 0 bridgehead atoms. The lowest BCUT2D eigenvalue weighted by Crippen LogP contribution is -2.47. The van der Waals surface area contributed by atoms with Crippen LogP contribution in [-0.4, -0.2) is 70.2 Å². The number of rotatable bonds is 5. The molecule has 0 saturated carbocycles. The van der Waals surface area contributed by atoms with Crippen LogP contribution in [0, 0.1) is 11.6 Å². The van der Waals surface area contributed by atoms with E-state index in [-0.39, 0.29) is 12.6 Å². The Morgan fingerprint density at radius 2 is 1.79 bits per heavy atom. The Balaban J connectivity index is 1.36. The van der Waals surface area contributed by atoms with Crippen LogP contribution in [0.5, 0.6) is 0 Å². The minimum Gasteiger partial charge on any atom is -0.444 e. The zero-order valence-electron chi connectivity index (χ0n) is 23.3. The summed E-state index contributed by atoms with van der Waals surface area (Å²) in [6, 6.07) is 4.18. The average molecular weight is 543 g/mol. The van der Waals surface area contributed by atoms with E-state index in [4.69, 9.17) is 14.7 Å². The van der Waals surface area contributed by atoms with Gasteiger partial charge in [-0.25, -0.2) is 18.6 Å². The average Bonchev–Trinajstić information content (AvgIpc) is 2.91. The Labute approximate surface area is 229 Å². The maximum atomic E-state index is 14.4. The highest BCUT2D eigenvalue weighted by Crippen LogP contribution is 2.30. The number of aromatic nitrogens is 2. The van der Waals surface area contributed by atoms with E-state index in [1.807, 2.05) is 20.8 Å². The first-order valence-corrected chi connectivity index (χ1v) is 14.2. The molecule has 0 atom stereocenters. The van der Waals surface area contributed by atoms with Gasteiger partial charge in [-0.3, -0.25) is 0 Å². The van der Waals surface area contributed by atoms with E-state index in [0.29, 0.717) is 42.9 Å². The van der Waals surface area contributed by atoms with Crippen molar-refractivity contribution in [3.63, 3.8) is 0 Å². The Kier molecular flexibility index (Phi) is 8.21. The predicted octanol–water partition coefficient (Wildman–Crippen LogP) is 5.11. The lowest BCUT2D eigenvalue weighted by atomic mass is 10.00. The summed E-state index contributed by atoms with van der Waals surface area (Å²) in [4.78, 5) is 29.2. The second kappa shape index (κ2) is 11.6. The normalized spacial score (nSPS) is 19.1. The number of likely N-dealkylation sites (tertiary alicyclic amines) is 1. The quantitative estimate of drug-likeness (QED) is 0.563. The fraction of sp³-hybridized carbons (Fsp3) is 0.621. The van der Waals surface area contributed by atoms with Crippen molar-refractivity contribution < 1.29 is 18.3 Å². The van der Waals surface area contributed by atoms with Gasteiger partial charge < -0.3 is 24.8 Å². The number of hydrogen-bond acceptors (Lipinski definition) is 7. The van der Waals surface area contributed by atoms with Gasteiger partial charge >= 0.3 is 6.09 Å². The Morgan fingerprint density at radius 3 is 2.49 bits per heavy atom. The molecule has 0 spiro atoms. The highest BCUT2D eigenvalue weighted by Gasteiger charge is 2.31. The fourth-order valence-electron chi connectivity index (χ4n) is 5.73. The summed E-state index contributed by atoms with van der Waals surface area (Å²) in [5, 5.41) is 3.27. The highest BCUT2D eigenvalue weighted by atomic mass is 19.1. The molecule has 2 aromatic rings. The number of fused-ring (bicyclic) bond motifs is 1. The van der Waals surface area contributed by atoms with E-state index in [2.05, 4.69) is 15.1 Å². The van der Waals surface area contributed by atoms with E-state index in [1.54, 1.807) is 4.90 Å². The standard InChI is InChI=1S/C29H40F2N6O2/c1-29(2,3)39-28(38)37-16-11-25-23(19-37)26(32-18-20-7-8-21(30)17-24(20)31)34-27(33-25)36-14-9-22(10-15-36)35-12-5-4-6-13-35/h7-8,17,22H,4-6,9-16,18-19H2,1-3H3,(H,32,33,34). The topological polar surface area (TPSA) is 73.8 Å². The van der Waals surface area contributed by atoms with Crippen molar-refractivity contribution in [3.8, 4) is 0 Å². The van der Waals surface area contributed by atoms with Crippen LogP contribution in [0.15, 0.2) is 18.2 Å². The number of nitrogens with zero attached hydrogens (tertiary/aromatic N) is 5. The molecule has 39 heavy (non-hydrogen) atoms. The summed E-state index contributed by atoms with van der Waals surface area (Å²) in [5.41, 5.74) is 1.44. The molecule has 10 heteroatoms. The highest BCUT2D eigenvalue weighted by molar-refractivity contribution is 5.69. The first-order valence-electron chi connectivity index (χ1n) is 14.2. The van der Waals surface area contributed by atoms with Crippen molar-refractivity contribution in [3.05, 3.63) is 46.7 Å². The van der Waals surface area contributed by atoms with Gasteiger partial charge in [0.2, 0.25) is 5.95 Å². The molecule has 2 fully saturated rings. The maximum Gasteiger partial charge on any atom is 0.410 e. The van der Waals surface area contributed by atoms with Gasteiger partial charge in [-0.2, -0.15) is 4.98 Å². The Hall–Kier alpha value is -3.01. The minimum absolute atomic E-state index is 0.137. The van der Waals surface area contributed by atoms with Crippen molar-refractivity contribution in [2.45, 2.75) is 84.0 Å². The number of benzene rings is 1. The van der Waals surface area contributed by atoms with E-state index >= 15 is 0 Å². The fourth-order valence-corrected chi connectivity index (χ4v) is 5.73. The lowest BCUT2D eigenvalue weighted by Gasteiger charge is -2.40. The molecule has 1 amide bonds. The first-order chi connectivity index (χ1) is 18.7. The number of nitrogens with one attached hydrogen (secondary N) is 1. The van der Waals surface area contributed by atoms with Crippen LogP contribution in [0.4, 0.5) is 25.3 Å². The van der Waals surface area contributed by atoms with Crippen LogP contribution in [-0.2, 0) is 24.2 Å². The van der Waals surface area contributed by atoms with Gasteiger partial charge in [0, 0.05) is 55.8 Å². The maximum absolute atomic E-state index is 14.4. The summed E-state index contributed by atoms with van der Waals surface area (Å²) in [6.45, 7) is 10.6. The van der Waals surface area contributed by atoms with Crippen molar-refractivity contribution in [1.29, 1.82) is 0 Å². The zero-order chi connectivity index (χ0) is 27.6. The van der Waals surface area contributed by atoms with E-state index in [1.165, 1.54) is 44.5 Å². The third kappa shape index (κ3) is 6.77. The van der Waals surface area contributed by atoms with Crippen LogP contribution in [0.1, 0.15) is 69.7 Å². The van der Waals surface area contributed by atoms with E-state index in [0.717, 1.165) is 43.3 Å². The van der Waals surface area contributed by atoms with Crippen molar-refractivity contribution in [1.82, 2.24) is 19.8 Å². The summed E-state index contributed by atoms with van der Waals surface area (Å²) >= 11 is 0. The molecule has 3 aliphatic heterocycles. The lowest BCUT2D eigenvalue weighted by molar-refractivity contribution is 0.0223. The second-order valence-corrected chi connectivity index (χ2v) is 11.9. The molecule has 1 N–H and O–H groups in total. The third-order valence-corrected chi connectivity index (χ3v) is 7.82. The number of anilines is 2. The minimum atomic E-state index is -0.612. The first kappa shape index (κ1) is 27.6. The van der Waals surface area contributed by atoms with Crippen LogP contribution in [0.3, 0.4) is 0 Å². The number of halogens is 2. The van der Waals surface area contributed by atoms with Gasteiger partial charge in [0.1, 0.15) is 23.1 Å². The molecule has 1 aromatic heterocycles. The van der Waals surface area contributed by atoms with E-state index < -0.39 is 17.2 Å². The number of carbonyl (C=O) groups excluding carboxylic acids is 1. The van der Waals surface area contributed by atoms with Crippen molar-refractivity contribution >= 4 is 17.9 Å². The molecular formula is C29H40F2N6O2. The van der Waals surface area contributed by atoms with Crippen LogP contribution in [0.2, 0.25) is 0 Å².